The Kier molecular flexibility index (Phi) is 4.54. The van der Waals surface area contributed by atoms with E-state index in [9.17, 15) is 0 Å². The third-order valence-corrected chi connectivity index (χ3v) is 11.4. The van der Waals surface area contributed by atoms with E-state index in [2.05, 4.69) is 54.3 Å². The third kappa shape index (κ3) is 3.03. The Labute approximate surface area is 133 Å². The molecule has 1 nitrogen and oxygen atoms in total. The molecular formula is C19H36OSi. The van der Waals surface area contributed by atoms with Crippen molar-refractivity contribution in [3.05, 3.63) is 12.2 Å². The van der Waals surface area contributed by atoms with E-state index in [1.807, 2.05) is 0 Å². The summed E-state index contributed by atoms with van der Waals surface area (Å²) in [5.74, 6) is 1.47. The van der Waals surface area contributed by atoms with Crippen molar-refractivity contribution in [2.24, 2.45) is 17.3 Å². The SMILES string of the molecule is C=C(C)[C@H]1CC[C@H]2[C@@H](O[Si](C)(C)C(C)(C)C)CCC[C@]12C. The monoisotopic (exact) mass is 308 g/mol. The average molecular weight is 309 g/mol. The molecule has 2 rings (SSSR count). The van der Waals surface area contributed by atoms with E-state index in [0.29, 0.717) is 22.5 Å². The first-order valence-corrected chi connectivity index (χ1v) is 11.7. The van der Waals surface area contributed by atoms with Gasteiger partial charge in [-0.25, -0.2) is 0 Å². The summed E-state index contributed by atoms with van der Waals surface area (Å²) in [7, 11) is -1.66. The van der Waals surface area contributed by atoms with Gasteiger partial charge in [0.2, 0.25) is 0 Å². The lowest BCUT2D eigenvalue weighted by atomic mass is 9.63. The molecule has 2 aliphatic rings. The van der Waals surface area contributed by atoms with Gasteiger partial charge in [-0.05, 0) is 68.0 Å². The van der Waals surface area contributed by atoms with Crippen LogP contribution in [-0.4, -0.2) is 14.4 Å². The second kappa shape index (κ2) is 5.52. The highest BCUT2D eigenvalue weighted by atomic mass is 28.4. The molecule has 0 amide bonds. The molecule has 0 radical (unpaired) electrons. The zero-order valence-electron chi connectivity index (χ0n) is 15.4. The van der Waals surface area contributed by atoms with Crippen molar-refractivity contribution in [1.82, 2.24) is 0 Å². The molecule has 2 heteroatoms. The molecular weight excluding hydrogens is 272 g/mol. The van der Waals surface area contributed by atoms with Gasteiger partial charge in [0.1, 0.15) is 0 Å². The van der Waals surface area contributed by atoms with Gasteiger partial charge >= 0.3 is 0 Å². The van der Waals surface area contributed by atoms with Gasteiger partial charge in [0, 0.05) is 6.10 Å². The van der Waals surface area contributed by atoms with Crippen LogP contribution in [0.15, 0.2) is 12.2 Å². The summed E-state index contributed by atoms with van der Waals surface area (Å²) in [6.45, 7) is 20.9. The molecule has 0 aliphatic heterocycles. The molecule has 2 fully saturated rings. The van der Waals surface area contributed by atoms with Crippen molar-refractivity contribution in [1.29, 1.82) is 0 Å². The fourth-order valence-corrected chi connectivity index (χ4v) is 6.02. The van der Waals surface area contributed by atoms with Crippen LogP contribution in [0, 0.1) is 17.3 Å². The van der Waals surface area contributed by atoms with Crippen molar-refractivity contribution >= 4 is 8.32 Å². The van der Waals surface area contributed by atoms with Crippen molar-refractivity contribution in [2.45, 2.75) is 91.0 Å². The second-order valence-electron chi connectivity index (χ2n) is 9.40. The lowest BCUT2D eigenvalue weighted by molar-refractivity contribution is -0.00333. The molecule has 122 valence electrons. The maximum Gasteiger partial charge on any atom is 0.192 e. The van der Waals surface area contributed by atoms with E-state index in [0.717, 1.165) is 5.92 Å². The van der Waals surface area contributed by atoms with E-state index in [1.165, 1.54) is 37.7 Å². The van der Waals surface area contributed by atoms with Crippen LogP contribution < -0.4 is 0 Å². The summed E-state index contributed by atoms with van der Waals surface area (Å²) in [6, 6.07) is 0. The molecule has 0 N–H and O–H groups in total. The smallest absolute Gasteiger partial charge is 0.192 e. The van der Waals surface area contributed by atoms with E-state index in [-0.39, 0.29) is 0 Å². The number of hydrogen-bond acceptors (Lipinski definition) is 1. The summed E-state index contributed by atoms with van der Waals surface area (Å²) >= 11 is 0. The maximum absolute atomic E-state index is 6.86. The highest BCUT2D eigenvalue weighted by Gasteiger charge is 2.53. The Balaban J connectivity index is 2.19. The van der Waals surface area contributed by atoms with Crippen LogP contribution in [0.25, 0.3) is 0 Å². The topological polar surface area (TPSA) is 9.23 Å². The van der Waals surface area contributed by atoms with E-state index < -0.39 is 8.32 Å². The van der Waals surface area contributed by atoms with Crippen LogP contribution in [0.5, 0.6) is 0 Å². The third-order valence-electron chi connectivity index (χ3n) is 6.91. The Hall–Kier alpha value is -0.0831. The minimum Gasteiger partial charge on any atom is -0.414 e. The molecule has 0 aromatic heterocycles. The second-order valence-corrected chi connectivity index (χ2v) is 14.2. The predicted octanol–water partition coefficient (Wildman–Crippen LogP) is 6.17. The first-order valence-electron chi connectivity index (χ1n) is 8.82. The predicted molar refractivity (Wildman–Crippen MR) is 95.1 cm³/mol. The standard InChI is InChI=1S/C19H36OSi/c1-14(2)15-11-12-16-17(10-9-13-19(15,16)6)20-21(7,8)18(3,4)5/h15-17H,1,9-13H2,2-8H3/t15-,16+,17+,19-/m1/s1. The quantitative estimate of drug-likeness (QED) is 0.447. The van der Waals surface area contributed by atoms with Gasteiger partial charge < -0.3 is 4.43 Å². The fourth-order valence-electron chi connectivity index (χ4n) is 4.63. The van der Waals surface area contributed by atoms with Gasteiger partial charge in [-0.3, -0.25) is 0 Å². The number of rotatable bonds is 3. The van der Waals surface area contributed by atoms with E-state index in [1.54, 1.807) is 0 Å². The molecule has 0 saturated heterocycles. The van der Waals surface area contributed by atoms with Crippen LogP contribution >= 0.6 is 0 Å². The van der Waals surface area contributed by atoms with Gasteiger partial charge in [0.15, 0.2) is 8.32 Å². The Bertz CT molecular complexity index is 406. The normalized spacial score (nSPS) is 37.4. The summed E-state index contributed by atoms with van der Waals surface area (Å²) < 4.78 is 6.86. The molecule has 0 heterocycles. The van der Waals surface area contributed by atoms with Crippen molar-refractivity contribution in [3.63, 3.8) is 0 Å². The molecule has 2 aliphatic carbocycles. The molecule has 2 saturated carbocycles. The Morgan fingerprint density at radius 3 is 2.33 bits per heavy atom. The van der Waals surface area contributed by atoms with Crippen LogP contribution in [0.3, 0.4) is 0 Å². The lowest BCUT2D eigenvalue weighted by Crippen LogP contribution is -2.49. The van der Waals surface area contributed by atoms with Gasteiger partial charge in [0.25, 0.3) is 0 Å². The lowest BCUT2D eigenvalue weighted by Gasteiger charge is -2.49. The van der Waals surface area contributed by atoms with Crippen LogP contribution in [0.2, 0.25) is 18.1 Å². The van der Waals surface area contributed by atoms with Crippen LogP contribution in [-0.2, 0) is 4.43 Å². The highest BCUT2D eigenvalue weighted by molar-refractivity contribution is 6.74. The minimum absolute atomic E-state index is 0.313. The fraction of sp³-hybridized carbons (Fsp3) is 0.895. The molecule has 0 aromatic carbocycles. The molecule has 0 bridgehead atoms. The van der Waals surface area contributed by atoms with E-state index in [4.69, 9.17) is 4.43 Å². The number of fused-ring (bicyclic) bond motifs is 1. The molecule has 0 spiro atoms. The molecule has 21 heavy (non-hydrogen) atoms. The zero-order chi connectivity index (χ0) is 16.1. The van der Waals surface area contributed by atoms with Crippen molar-refractivity contribution in [2.75, 3.05) is 0 Å². The molecule has 0 aromatic rings. The number of hydrogen-bond donors (Lipinski definition) is 0. The first kappa shape index (κ1) is 17.3. The minimum atomic E-state index is -1.66. The average Bonchev–Trinajstić information content (AvgIpc) is 2.65. The summed E-state index contributed by atoms with van der Waals surface area (Å²) in [5.41, 5.74) is 1.84. The van der Waals surface area contributed by atoms with Crippen LogP contribution in [0.1, 0.15) is 66.7 Å². The van der Waals surface area contributed by atoms with Gasteiger partial charge in [0.05, 0.1) is 0 Å². The summed E-state index contributed by atoms with van der Waals surface area (Å²) in [5, 5.41) is 0.313. The summed E-state index contributed by atoms with van der Waals surface area (Å²) in [4.78, 5) is 0. The zero-order valence-corrected chi connectivity index (χ0v) is 16.4. The van der Waals surface area contributed by atoms with Crippen molar-refractivity contribution in [3.8, 4) is 0 Å². The van der Waals surface area contributed by atoms with Gasteiger partial charge in [-0.2, -0.15) is 0 Å². The largest absolute Gasteiger partial charge is 0.414 e. The van der Waals surface area contributed by atoms with E-state index >= 15 is 0 Å². The highest BCUT2D eigenvalue weighted by Crippen LogP contribution is 2.58. The maximum atomic E-state index is 6.86. The van der Waals surface area contributed by atoms with Crippen LogP contribution in [0.4, 0.5) is 0 Å². The van der Waals surface area contributed by atoms with Crippen molar-refractivity contribution < 1.29 is 4.43 Å². The summed E-state index contributed by atoms with van der Waals surface area (Å²) in [6.07, 6.45) is 7.13. The van der Waals surface area contributed by atoms with Gasteiger partial charge in [-0.15, -0.1) is 0 Å². The molecule has 4 atom stereocenters. The van der Waals surface area contributed by atoms with Gasteiger partial charge in [-0.1, -0.05) is 46.3 Å². The Morgan fingerprint density at radius 2 is 1.81 bits per heavy atom. The number of allylic oxidation sites excluding steroid dienone is 1. The first-order chi connectivity index (χ1) is 9.49. The Morgan fingerprint density at radius 1 is 1.19 bits per heavy atom. The molecule has 0 unspecified atom stereocenters.